The number of hydrogen-bond donors (Lipinski definition) is 1. The fourth-order valence-corrected chi connectivity index (χ4v) is 4.73. The Morgan fingerprint density at radius 3 is 2.47 bits per heavy atom. The van der Waals surface area contributed by atoms with Crippen molar-refractivity contribution in [3.8, 4) is 0 Å². The topological polar surface area (TPSA) is 49.4 Å². The first-order chi connectivity index (χ1) is 16.4. The average molecular weight is 475 g/mol. The van der Waals surface area contributed by atoms with Gasteiger partial charge in [0, 0.05) is 22.6 Å². The lowest BCUT2D eigenvalue weighted by molar-refractivity contribution is -0.114. The molecule has 174 valence electrons. The highest BCUT2D eigenvalue weighted by molar-refractivity contribution is 8.04. The van der Waals surface area contributed by atoms with E-state index in [4.69, 9.17) is 0 Å². The van der Waals surface area contributed by atoms with Gasteiger partial charge in [-0.25, -0.2) is 4.39 Å². The summed E-state index contributed by atoms with van der Waals surface area (Å²) in [5.74, 6) is -0.0860. The number of nitrogens with zero attached hydrogens (tertiary/aromatic N) is 1. The van der Waals surface area contributed by atoms with Crippen molar-refractivity contribution >= 4 is 35.3 Å². The lowest BCUT2D eigenvalue weighted by Crippen LogP contribution is -2.34. The molecule has 1 aliphatic heterocycles. The van der Waals surface area contributed by atoms with Crippen LogP contribution in [-0.4, -0.2) is 18.4 Å². The Balaban J connectivity index is 1.56. The second-order valence-electron chi connectivity index (χ2n) is 8.62. The molecule has 0 atom stereocenters. The number of thioether (sulfide) groups is 1. The van der Waals surface area contributed by atoms with E-state index >= 15 is 0 Å². The van der Waals surface area contributed by atoms with E-state index in [1.807, 2.05) is 42.5 Å². The number of amides is 2. The van der Waals surface area contributed by atoms with Crippen molar-refractivity contribution in [2.45, 2.75) is 31.7 Å². The number of fused-ring (bicyclic) bond motifs is 1. The van der Waals surface area contributed by atoms with E-state index in [9.17, 15) is 14.0 Å². The molecule has 0 aromatic heterocycles. The minimum absolute atomic E-state index is 0.104. The van der Waals surface area contributed by atoms with Gasteiger partial charge in [-0.15, -0.1) is 0 Å². The van der Waals surface area contributed by atoms with Gasteiger partial charge in [-0.3, -0.25) is 9.59 Å². The lowest BCUT2D eigenvalue weighted by Gasteiger charge is -2.30. The van der Waals surface area contributed by atoms with Crippen LogP contribution in [0.4, 0.5) is 10.1 Å². The molecule has 6 heteroatoms. The largest absolute Gasteiger partial charge is 0.352 e. The molecule has 3 aromatic rings. The number of benzene rings is 3. The maximum absolute atomic E-state index is 14.3. The quantitative estimate of drug-likeness (QED) is 0.410. The van der Waals surface area contributed by atoms with Crippen LogP contribution in [0.5, 0.6) is 0 Å². The van der Waals surface area contributed by atoms with Crippen molar-refractivity contribution in [2.24, 2.45) is 5.92 Å². The van der Waals surface area contributed by atoms with E-state index in [1.54, 1.807) is 35.2 Å². The Hall–Kier alpha value is -3.38. The molecule has 0 unspecified atom stereocenters. The molecule has 1 heterocycles. The summed E-state index contributed by atoms with van der Waals surface area (Å²) >= 11 is 1.40. The van der Waals surface area contributed by atoms with Gasteiger partial charge in [-0.05, 0) is 54.3 Å². The van der Waals surface area contributed by atoms with Crippen molar-refractivity contribution in [1.29, 1.82) is 0 Å². The molecule has 0 bridgehead atoms. The third kappa shape index (κ3) is 5.57. The van der Waals surface area contributed by atoms with Gasteiger partial charge in [-0.1, -0.05) is 68.1 Å². The predicted molar refractivity (Wildman–Crippen MR) is 136 cm³/mol. The summed E-state index contributed by atoms with van der Waals surface area (Å²) in [4.78, 5) is 28.8. The average Bonchev–Trinajstić information content (AvgIpc) is 2.83. The number of para-hydroxylation sites is 1. The maximum atomic E-state index is 14.3. The molecule has 0 radical (unpaired) electrons. The number of carbonyl (C=O) groups is 2. The zero-order valence-corrected chi connectivity index (χ0v) is 20.1. The Morgan fingerprint density at radius 1 is 1.03 bits per heavy atom. The van der Waals surface area contributed by atoms with Crippen LogP contribution in [0.2, 0.25) is 0 Å². The zero-order valence-electron chi connectivity index (χ0n) is 19.3. The van der Waals surface area contributed by atoms with Crippen molar-refractivity contribution in [3.63, 3.8) is 0 Å². The van der Waals surface area contributed by atoms with E-state index in [2.05, 4.69) is 19.2 Å². The van der Waals surface area contributed by atoms with Gasteiger partial charge in [0.15, 0.2) is 0 Å². The molecule has 2 amide bonds. The SMILES string of the molecule is CC(C)CCNC(=O)c1ccc(/C=C2\Sc3ccccc3N(Cc3ccccc3F)C2=O)cc1. The van der Waals surface area contributed by atoms with Crippen LogP contribution in [-0.2, 0) is 11.3 Å². The summed E-state index contributed by atoms with van der Waals surface area (Å²) < 4.78 is 14.3. The Labute approximate surface area is 203 Å². The third-order valence-electron chi connectivity index (χ3n) is 5.60. The second kappa shape index (κ2) is 10.7. The number of anilines is 1. The summed E-state index contributed by atoms with van der Waals surface area (Å²) in [5, 5.41) is 2.93. The van der Waals surface area contributed by atoms with Crippen LogP contribution in [0.15, 0.2) is 82.6 Å². The summed E-state index contributed by atoms with van der Waals surface area (Å²) in [5.41, 5.74) is 2.64. The smallest absolute Gasteiger partial charge is 0.265 e. The molecular formula is C28H27FN2O2S. The van der Waals surface area contributed by atoms with Gasteiger partial charge >= 0.3 is 0 Å². The van der Waals surface area contributed by atoms with Crippen LogP contribution in [0, 0.1) is 11.7 Å². The molecule has 0 spiro atoms. The molecule has 4 rings (SSSR count). The highest BCUT2D eigenvalue weighted by Gasteiger charge is 2.29. The maximum Gasteiger partial charge on any atom is 0.265 e. The molecule has 3 aromatic carbocycles. The first-order valence-electron chi connectivity index (χ1n) is 11.3. The van der Waals surface area contributed by atoms with Gasteiger partial charge in [0.2, 0.25) is 0 Å². The molecule has 34 heavy (non-hydrogen) atoms. The molecular weight excluding hydrogens is 447 g/mol. The molecule has 4 nitrogen and oxygen atoms in total. The highest BCUT2D eigenvalue weighted by Crippen LogP contribution is 2.42. The van der Waals surface area contributed by atoms with Gasteiger partial charge in [0.25, 0.3) is 11.8 Å². The van der Waals surface area contributed by atoms with Crippen LogP contribution in [0.1, 0.15) is 41.8 Å². The Morgan fingerprint density at radius 2 is 1.74 bits per heavy atom. The van der Waals surface area contributed by atoms with E-state index in [0.717, 1.165) is 22.6 Å². The summed E-state index contributed by atoms with van der Waals surface area (Å²) in [6.45, 7) is 5.03. The molecule has 1 N–H and O–H groups in total. The van der Waals surface area contributed by atoms with Crippen molar-refractivity contribution in [1.82, 2.24) is 5.32 Å². The number of rotatable bonds is 7. The van der Waals surface area contributed by atoms with Crippen LogP contribution < -0.4 is 10.2 Å². The van der Waals surface area contributed by atoms with E-state index in [-0.39, 0.29) is 24.2 Å². The van der Waals surface area contributed by atoms with E-state index in [1.165, 1.54) is 17.8 Å². The Bertz CT molecular complexity index is 1220. The highest BCUT2D eigenvalue weighted by atomic mass is 32.2. The lowest BCUT2D eigenvalue weighted by atomic mass is 10.1. The minimum Gasteiger partial charge on any atom is -0.352 e. The van der Waals surface area contributed by atoms with Gasteiger partial charge in [0.1, 0.15) is 5.82 Å². The normalized spacial score (nSPS) is 14.4. The second-order valence-corrected chi connectivity index (χ2v) is 9.71. The number of halogens is 1. The van der Waals surface area contributed by atoms with Gasteiger partial charge in [-0.2, -0.15) is 0 Å². The zero-order chi connectivity index (χ0) is 24.1. The van der Waals surface area contributed by atoms with Crippen LogP contribution >= 0.6 is 11.8 Å². The van der Waals surface area contributed by atoms with Crippen LogP contribution in [0.25, 0.3) is 6.08 Å². The van der Waals surface area contributed by atoms with Crippen molar-refractivity contribution in [3.05, 3.63) is 100 Å². The first-order valence-corrected chi connectivity index (χ1v) is 12.2. The monoisotopic (exact) mass is 474 g/mol. The van der Waals surface area contributed by atoms with Crippen LogP contribution in [0.3, 0.4) is 0 Å². The number of carbonyl (C=O) groups excluding carboxylic acids is 2. The van der Waals surface area contributed by atoms with E-state index < -0.39 is 0 Å². The fraction of sp³-hybridized carbons (Fsp3) is 0.214. The number of hydrogen-bond acceptors (Lipinski definition) is 3. The molecule has 1 aliphatic rings. The molecule has 0 fully saturated rings. The molecule has 0 aliphatic carbocycles. The molecule has 0 saturated heterocycles. The minimum atomic E-state index is -0.334. The standard InChI is InChI=1S/C28H27FN2O2S/c1-19(2)15-16-30-27(32)21-13-11-20(12-14-21)17-26-28(33)31(18-22-7-3-4-8-23(22)29)24-9-5-6-10-25(24)34-26/h3-14,17,19H,15-16,18H2,1-2H3,(H,30,32)/b26-17-. The number of nitrogens with one attached hydrogen (secondary N) is 1. The van der Waals surface area contributed by atoms with Crippen molar-refractivity contribution in [2.75, 3.05) is 11.4 Å². The first kappa shape index (κ1) is 23.8. The van der Waals surface area contributed by atoms with Gasteiger partial charge < -0.3 is 10.2 Å². The summed E-state index contributed by atoms with van der Waals surface area (Å²) in [6, 6.07) is 21.3. The fourth-order valence-electron chi connectivity index (χ4n) is 3.67. The van der Waals surface area contributed by atoms with E-state index in [0.29, 0.717) is 28.5 Å². The van der Waals surface area contributed by atoms with Gasteiger partial charge in [0.05, 0.1) is 17.1 Å². The Kier molecular flexibility index (Phi) is 7.48. The molecule has 0 saturated carbocycles. The van der Waals surface area contributed by atoms with Crippen molar-refractivity contribution < 1.29 is 14.0 Å². The summed E-state index contributed by atoms with van der Waals surface area (Å²) in [6.07, 6.45) is 2.75. The predicted octanol–water partition coefficient (Wildman–Crippen LogP) is 6.28. The third-order valence-corrected chi connectivity index (χ3v) is 6.67. The summed E-state index contributed by atoms with van der Waals surface area (Å²) in [7, 11) is 0.